The van der Waals surface area contributed by atoms with Gasteiger partial charge in [-0.25, -0.2) is 4.98 Å². The molecule has 0 spiro atoms. The summed E-state index contributed by atoms with van der Waals surface area (Å²) in [6.45, 7) is 3.34. The van der Waals surface area contributed by atoms with Crippen LogP contribution >= 0.6 is 0 Å². The minimum absolute atomic E-state index is 0.0592. The molecule has 1 aromatic rings. The summed E-state index contributed by atoms with van der Waals surface area (Å²) in [5.41, 5.74) is 6.79. The lowest BCUT2D eigenvalue weighted by molar-refractivity contribution is 0.137. The lowest BCUT2D eigenvalue weighted by Gasteiger charge is -2.15. The molecule has 2 rings (SSSR count). The molecule has 4 nitrogen and oxygen atoms in total. The lowest BCUT2D eigenvalue weighted by Crippen LogP contribution is -2.19. The van der Waals surface area contributed by atoms with E-state index < -0.39 is 0 Å². The number of pyridine rings is 1. The highest BCUT2D eigenvalue weighted by Gasteiger charge is 2.19. The highest BCUT2D eigenvalue weighted by atomic mass is 16.5. The van der Waals surface area contributed by atoms with Gasteiger partial charge in [0.05, 0.1) is 13.2 Å². The van der Waals surface area contributed by atoms with E-state index in [0.717, 1.165) is 18.6 Å². The second-order valence-corrected chi connectivity index (χ2v) is 3.79. The van der Waals surface area contributed by atoms with Gasteiger partial charge in [-0.3, -0.25) is 0 Å². The SMILES string of the molecule is C[C@@H](N)c1cccnc1OC1CCOC1. The second kappa shape index (κ2) is 4.59. The highest BCUT2D eigenvalue weighted by Crippen LogP contribution is 2.23. The molecule has 2 N–H and O–H groups in total. The molecular formula is C11H16N2O2. The third-order valence-corrected chi connectivity index (χ3v) is 2.46. The van der Waals surface area contributed by atoms with Crippen LogP contribution in [0.25, 0.3) is 0 Å². The van der Waals surface area contributed by atoms with E-state index in [9.17, 15) is 0 Å². The maximum atomic E-state index is 5.84. The monoisotopic (exact) mass is 208 g/mol. The van der Waals surface area contributed by atoms with Gasteiger partial charge >= 0.3 is 0 Å². The maximum absolute atomic E-state index is 5.84. The molecule has 0 amide bonds. The van der Waals surface area contributed by atoms with Crippen LogP contribution in [-0.4, -0.2) is 24.3 Å². The van der Waals surface area contributed by atoms with Crippen molar-refractivity contribution in [3.8, 4) is 5.88 Å². The molecule has 0 saturated carbocycles. The van der Waals surface area contributed by atoms with E-state index in [1.54, 1.807) is 6.20 Å². The topological polar surface area (TPSA) is 57.4 Å². The van der Waals surface area contributed by atoms with Crippen molar-refractivity contribution in [2.24, 2.45) is 5.73 Å². The van der Waals surface area contributed by atoms with Gasteiger partial charge in [-0.2, -0.15) is 0 Å². The highest BCUT2D eigenvalue weighted by molar-refractivity contribution is 5.28. The van der Waals surface area contributed by atoms with Crippen LogP contribution in [-0.2, 0) is 4.74 Å². The van der Waals surface area contributed by atoms with Crippen molar-refractivity contribution < 1.29 is 9.47 Å². The molecule has 2 heterocycles. The molecule has 0 bridgehead atoms. The Balaban J connectivity index is 2.12. The van der Waals surface area contributed by atoms with Crippen LogP contribution in [0.1, 0.15) is 24.9 Å². The quantitative estimate of drug-likeness (QED) is 0.812. The molecule has 1 fully saturated rings. The summed E-state index contributed by atoms with van der Waals surface area (Å²) in [6.07, 6.45) is 2.77. The maximum Gasteiger partial charge on any atom is 0.218 e. The average Bonchev–Trinajstić information content (AvgIpc) is 2.71. The Bertz CT molecular complexity index is 322. The summed E-state index contributed by atoms with van der Waals surface area (Å²) < 4.78 is 11.0. The number of rotatable bonds is 3. The van der Waals surface area contributed by atoms with E-state index in [1.165, 1.54) is 0 Å². The molecule has 15 heavy (non-hydrogen) atoms. The minimum Gasteiger partial charge on any atom is -0.472 e. The number of nitrogens with two attached hydrogens (primary N) is 1. The molecule has 1 saturated heterocycles. The van der Waals surface area contributed by atoms with Crippen LogP contribution in [0.3, 0.4) is 0 Å². The van der Waals surface area contributed by atoms with Gasteiger partial charge < -0.3 is 15.2 Å². The van der Waals surface area contributed by atoms with Crippen molar-refractivity contribution in [2.75, 3.05) is 13.2 Å². The zero-order valence-electron chi connectivity index (χ0n) is 8.85. The fraction of sp³-hybridized carbons (Fsp3) is 0.545. The van der Waals surface area contributed by atoms with Gasteiger partial charge in [-0.1, -0.05) is 6.07 Å². The van der Waals surface area contributed by atoms with Crippen molar-refractivity contribution in [2.45, 2.75) is 25.5 Å². The fourth-order valence-electron chi connectivity index (χ4n) is 1.61. The summed E-state index contributed by atoms with van der Waals surface area (Å²) in [7, 11) is 0. The van der Waals surface area contributed by atoms with Crippen LogP contribution in [0.15, 0.2) is 18.3 Å². The van der Waals surface area contributed by atoms with Gasteiger partial charge in [0, 0.05) is 24.2 Å². The first-order chi connectivity index (χ1) is 7.27. The van der Waals surface area contributed by atoms with Gasteiger partial charge in [0.2, 0.25) is 5.88 Å². The molecule has 82 valence electrons. The van der Waals surface area contributed by atoms with Gasteiger partial charge in [0.1, 0.15) is 6.10 Å². The van der Waals surface area contributed by atoms with Crippen molar-refractivity contribution in [3.63, 3.8) is 0 Å². The van der Waals surface area contributed by atoms with Crippen molar-refractivity contribution in [1.82, 2.24) is 4.98 Å². The van der Waals surface area contributed by atoms with E-state index in [-0.39, 0.29) is 12.1 Å². The molecule has 1 unspecified atom stereocenters. The lowest BCUT2D eigenvalue weighted by atomic mass is 10.1. The Labute approximate surface area is 89.4 Å². The summed E-state index contributed by atoms with van der Waals surface area (Å²) in [6, 6.07) is 3.76. The van der Waals surface area contributed by atoms with Crippen molar-refractivity contribution >= 4 is 0 Å². The Hall–Kier alpha value is -1.13. The standard InChI is InChI=1S/C11H16N2O2/c1-8(12)10-3-2-5-13-11(10)15-9-4-6-14-7-9/h2-3,5,8-9H,4,6-7,12H2,1H3/t8-,9?/m1/s1. The number of ether oxygens (including phenoxy) is 2. The van der Waals surface area contributed by atoms with E-state index in [1.807, 2.05) is 19.1 Å². The zero-order chi connectivity index (χ0) is 10.7. The molecule has 0 aliphatic carbocycles. The van der Waals surface area contributed by atoms with E-state index in [2.05, 4.69) is 4.98 Å². The number of hydrogen-bond acceptors (Lipinski definition) is 4. The summed E-state index contributed by atoms with van der Waals surface area (Å²) in [5.74, 6) is 0.642. The summed E-state index contributed by atoms with van der Waals surface area (Å²) in [5, 5.41) is 0. The van der Waals surface area contributed by atoms with Crippen LogP contribution < -0.4 is 10.5 Å². The van der Waals surface area contributed by atoms with Crippen molar-refractivity contribution in [3.05, 3.63) is 23.9 Å². The average molecular weight is 208 g/mol. The molecule has 0 radical (unpaired) electrons. The summed E-state index contributed by atoms with van der Waals surface area (Å²) >= 11 is 0. The zero-order valence-corrected chi connectivity index (χ0v) is 8.85. The number of nitrogens with zero attached hydrogens (tertiary/aromatic N) is 1. The van der Waals surface area contributed by atoms with Gasteiger partial charge in [-0.05, 0) is 13.0 Å². The Morgan fingerprint density at radius 3 is 3.20 bits per heavy atom. The number of hydrogen-bond donors (Lipinski definition) is 1. The van der Waals surface area contributed by atoms with E-state index >= 15 is 0 Å². The molecular weight excluding hydrogens is 192 g/mol. The fourth-order valence-corrected chi connectivity index (χ4v) is 1.61. The Kier molecular flexibility index (Phi) is 3.18. The van der Waals surface area contributed by atoms with Crippen LogP contribution in [0.4, 0.5) is 0 Å². The molecule has 2 atom stereocenters. The van der Waals surface area contributed by atoms with Gasteiger partial charge in [-0.15, -0.1) is 0 Å². The largest absolute Gasteiger partial charge is 0.472 e. The Morgan fingerprint density at radius 1 is 1.67 bits per heavy atom. The first-order valence-electron chi connectivity index (χ1n) is 5.22. The predicted octanol–water partition coefficient (Wildman–Crippen LogP) is 1.27. The van der Waals surface area contributed by atoms with Crippen LogP contribution in [0, 0.1) is 0 Å². The van der Waals surface area contributed by atoms with Gasteiger partial charge in [0.25, 0.3) is 0 Å². The normalized spacial score (nSPS) is 22.7. The predicted molar refractivity (Wildman–Crippen MR) is 56.7 cm³/mol. The second-order valence-electron chi connectivity index (χ2n) is 3.79. The minimum atomic E-state index is -0.0592. The van der Waals surface area contributed by atoms with Crippen molar-refractivity contribution in [1.29, 1.82) is 0 Å². The van der Waals surface area contributed by atoms with E-state index in [4.69, 9.17) is 15.2 Å². The van der Waals surface area contributed by atoms with Gasteiger partial charge in [0.15, 0.2) is 0 Å². The molecule has 1 aliphatic heterocycles. The first-order valence-corrected chi connectivity index (χ1v) is 5.22. The molecule has 1 aromatic heterocycles. The van der Waals surface area contributed by atoms with E-state index in [0.29, 0.717) is 12.5 Å². The number of aromatic nitrogens is 1. The first kappa shape index (κ1) is 10.4. The van der Waals surface area contributed by atoms with Crippen LogP contribution in [0.2, 0.25) is 0 Å². The third kappa shape index (κ3) is 2.46. The molecule has 0 aromatic carbocycles. The third-order valence-electron chi connectivity index (χ3n) is 2.46. The summed E-state index contributed by atoms with van der Waals surface area (Å²) in [4.78, 5) is 4.21. The molecule has 1 aliphatic rings. The Morgan fingerprint density at radius 2 is 2.53 bits per heavy atom. The van der Waals surface area contributed by atoms with Crippen LogP contribution in [0.5, 0.6) is 5.88 Å². The molecule has 4 heteroatoms. The smallest absolute Gasteiger partial charge is 0.218 e.